The van der Waals surface area contributed by atoms with Crippen molar-refractivity contribution in [3.05, 3.63) is 52.8 Å². The second-order valence-corrected chi connectivity index (χ2v) is 8.06. The fourth-order valence-electron chi connectivity index (χ4n) is 3.87. The summed E-state index contributed by atoms with van der Waals surface area (Å²) < 4.78 is 6.90. The molecule has 30 heavy (non-hydrogen) atoms. The Morgan fingerprint density at radius 1 is 1.20 bits per heavy atom. The number of hydrogen-bond donors (Lipinski definition) is 0. The van der Waals surface area contributed by atoms with E-state index in [1.807, 2.05) is 32.9 Å². The summed E-state index contributed by atoms with van der Waals surface area (Å²) >= 11 is 0. The predicted molar refractivity (Wildman–Crippen MR) is 113 cm³/mol. The summed E-state index contributed by atoms with van der Waals surface area (Å²) in [7, 11) is 3.42. The Hall–Kier alpha value is -3.22. The summed E-state index contributed by atoms with van der Waals surface area (Å²) in [6.45, 7) is 6.21. The second kappa shape index (κ2) is 7.55. The Morgan fingerprint density at radius 2 is 1.97 bits per heavy atom. The molecule has 1 amide bonds. The molecule has 1 aliphatic rings. The number of rotatable bonds is 5. The van der Waals surface area contributed by atoms with E-state index in [9.17, 15) is 9.59 Å². The topological polar surface area (TPSA) is 76.8 Å². The molecule has 0 N–H and O–H groups in total. The molecule has 0 spiro atoms. The van der Waals surface area contributed by atoms with Crippen molar-refractivity contribution in [2.45, 2.75) is 33.1 Å². The highest BCUT2D eigenvalue weighted by Crippen LogP contribution is 2.48. The fourth-order valence-corrected chi connectivity index (χ4v) is 3.87. The first-order chi connectivity index (χ1) is 14.3. The van der Waals surface area contributed by atoms with E-state index in [-0.39, 0.29) is 23.7 Å². The van der Waals surface area contributed by atoms with Gasteiger partial charge in [-0.15, -0.1) is 0 Å². The van der Waals surface area contributed by atoms with Gasteiger partial charge in [-0.05, 0) is 50.3 Å². The SMILES string of the molecule is CCOC(=O)C1CC1c1ccc(-c2cc3nc(C(=O)N(C)C)cc(C)n3n2)c(C)c1. The number of fused-ring (bicyclic) bond motifs is 1. The van der Waals surface area contributed by atoms with Gasteiger partial charge in [0.1, 0.15) is 5.69 Å². The van der Waals surface area contributed by atoms with Crippen LogP contribution in [0.15, 0.2) is 30.3 Å². The van der Waals surface area contributed by atoms with Crippen molar-refractivity contribution in [1.29, 1.82) is 0 Å². The number of ether oxygens (including phenoxy) is 1. The van der Waals surface area contributed by atoms with Gasteiger partial charge in [0.25, 0.3) is 5.91 Å². The lowest BCUT2D eigenvalue weighted by Crippen LogP contribution is -2.23. The number of hydrogen-bond acceptors (Lipinski definition) is 5. The molecule has 2 aromatic heterocycles. The van der Waals surface area contributed by atoms with Gasteiger partial charge in [-0.3, -0.25) is 9.59 Å². The molecule has 7 heteroatoms. The third-order valence-electron chi connectivity index (χ3n) is 5.56. The molecule has 2 heterocycles. The van der Waals surface area contributed by atoms with Crippen LogP contribution in [0.3, 0.4) is 0 Å². The number of carbonyl (C=O) groups is 2. The number of amides is 1. The van der Waals surface area contributed by atoms with E-state index in [0.29, 0.717) is 17.9 Å². The monoisotopic (exact) mass is 406 g/mol. The van der Waals surface area contributed by atoms with Crippen LogP contribution < -0.4 is 0 Å². The molecule has 1 aliphatic carbocycles. The van der Waals surface area contributed by atoms with Crippen molar-refractivity contribution < 1.29 is 14.3 Å². The van der Waals surface area contributed by atoms with Gasteiger partial charge in [0.15, 0.2) is 5.65 Å². The van der Waals surface area contributed by atoms with E-state index in [1.54, 1.807) is 24.7 Å². The molecule has 1 fully saturated rings. The summed E-state index contributed by atoms with van der Waals surface area (Å²) in [6.07, 6.45) is 0.845. The molecule has 2 unspecified atom stereocenters. The molecule has 0 aliphatic heterocycles. The summed E-state index contributed by atoms with van der Waals surface area (Å²) in [6, 6.07) is 9.90. The van der Waals surface area contributed by atoms with E-state index < -0.39 is 0 Å². The number of aryl methyl sites for hydroxylation is 2. The van der Waals surface area contributed by atoms with Gasteiger partial charge in [-0.1, -0.05) is 18.2 Å². The fraction of sp³-hybridized carbons (Fsp3) is 0.391. The quantitative estimate of drug-likeness (QED) is 0.607. The molecule has 0 bridgehead atoms. The van der Waals surface area contributed by atoms with Crippen molar-refractivity contribution in [3.8, 4) is 11.3 Å². The van der Waals surface area contributed by atoms with Crippen LogP contribution in [-0.4, -0.2) is 52.1 Å². The lowest BCUT2D eigenvalue weighted by atomic mass is 10.00. The number of esters is 1. The minimum absolute atomic E-state index is 0.0232. The average Bonchev–Trinajstić information content (AvgIpc) is 3.39. The minimum Gasteiger partial charge on any atom is -0.466 e. The Labute approximate surface area is 175 Å². The maximum Gasteiger partial charge on any atom is 0.309 e. The van der Waals surface area contributed by atoms with Crippen LogP contribution >= 0.6 is 0 Å². The first-order valence-electron chi connectivity index (χ1n) is 10.2. The highest BCUT2D eigenvalue weighted by molar-refractivity contribution is 5.92. The predicted octanol–water partition coefficient (Wildman–Crippen LogP) is 3.38. The Morgan fingerprint density at radius 3 is 2.63 bits per heavy atom. The van der Waals surface area contributed by atoms with Gasteiger partial charge in [-0.2, -0.15) is 5.10 Å². The van der Waals surface area contributed by atoms with Crippen LogP contribution in [-0.2, 0) is 9.53 Å². The molecule has 1 saturated carbocycles. The van der Waals surface area contributed by atoms with Crippen LogP contribution in [0, 0.1) is 19.8 Å². The standard InChI is InChI=1S/C23H26N4O3/c1-6-30-23(29)18-11-17(18)15-7-8-16(13(2)9-15)19-12-21-24-20(22(28)26(4)5)10-14(3)27(21)25-19/h7-10,12,17-18H,6,11H2,1-5H3. The zero-order chi connectivity index (χ0) is 21.6. The van der Waals surface area contributed by atoms with Gasteiger partial charge >= 0.3 is 5.97 Å². The highest BCUT2D eigenvalue weighted by Gasteiger charge is 2.45. The zero-order valence-corrected chi connectivity index (χ0v) is 18.0. The number of carbonyl (C=O) groups excluding carboxylic acids is 2. The van der Waals surface area contributed by atoms with Crippen LogP contribution in [0.5, 0.6) is 0 Å². The smallest absolute Gasteiger partial charge is 0.309 e. The van der Waals surface area contributed by atoms with Gasteiger partial charge < -0.3 is 9.64 Å². The van der Waals surface area contributed by atoms with Crippen LogP contribution in [0.4, 0.5) is 0 Å². The first-order valence-corrected chi connectivity index (χ1v) is 10.2. The Kier molecular flexibility index (Phi) is 5.05. The maximum absolute atomic E-state index is 12.3. The van der Waals surface area contributed by atoms with E-state index in [2.05, 4.69) is 17.1 Å². The first kappa shape index (κ1) is 20.1. The Bertz CT molecular complexity index is 1150. The van der Waals surface area contributed by atoms with Crippen molar-refractivity contribution >= 4 is 17.5 Å². The third-order valence-corrected chi connectivity index (χ3v) is 5.56. The Balaban J connectivity index is 1.63. The summed E-state index contributed by atoms with van der Waals surface area (Å²) in [5, 5.41) is 4.70. The minimum atomic E-state index is -0.135. The number of benzene rings is 1. The van der Waals surface area contributed by atoms with Gasteiger partial charge in [0.2, 0.25) is 0 Å². The molecular formula is C23H26N4O3. The second-order valence-electron chi connectivity index (χ2n) is 8.06. The number of nitrogens with zero attached hydrogens (tertiary/aromatic N) is 4. The van der Waals surface area contributed by atoms with Crippen LogP contribution in [0.1, 0.15) is 46.6 Å². The van der Waals surface area contributed by atoms with E-state index in [1.165, 1.54) is 4.90 Å². The van der Waals surface area contributed by atoms with Crippen molar-refractivity contribution in [1.82, 2.24) is 19.5 Å². The average molecular weight is 406 g/mol. The summed E-state index contributed by atoms with van der Waals surface area (Å²) in [5.74, 6) is -0.0232. The van der Waals surface area contributed by atoms with Crippen LogP contribution in [0.2, 0.25) is 0 Å². The van der Waals surface area contributed by atoms with E-state index in [4.69, 9.17) is 9.84 Å². The van der Waals surface area contributed by atoms with Gasteiger partial charge in [-0.25, -0.2) is 9.50 Å². The molecule has 0 radical (unpaired) electrons. The molecule has 3 aromatic rings. The largest absolute Gasteiger partial charge is 0.466 e. The molecule has 7 nitrogen and oxygen atoms in total. The molecule has 156 valence electrons. The molecule has 2 atom stereocenters. The molecular weight excluding hydrogens is 380 g/mol. The van der Waals surface area contributed by atoms with Crippen LogP contribution in [0.25, 0.3) is 16.9 Å². The lowest BCUT2D eigenvalue weighted by molar-refractivity contribution is -0.144. The third kappa shape index (κ3) is 3.56. The van der Waals surface area contributed by atoms with Gasteiger partial charge in [0, 0.05) is 31.4 Å². The lowest BCUT2D eigenvalue weighted by Gasteiger charge is -2.10. The van der Waals surface area contributed by atoms with Crippen molar-refractivity contribution in [3.63, 3.8) is 0 Å². The molecule has 4 rings (SSSR count). The summed E-state index contributed by atoms with van der Waals surface area (Å²) in [5.41, 5.74) is 5.96. The molecule has 1 aromatic carbocycles. The van der Waals surface area contributed by atoms with Crippen molar-refractivity contribution in [2.75, 3.05) is 20.7 Å². The maximum atomic E-state index is 12.3. The van der Waals surface area contributed by atoms with Gasteiger partial charge in [0.05, 0.1) is 18.2 Å². The normalized spacial score (nSPS) is 17.8. The molecule has 0 saturated heterocycles. The van der Waals surface area contributed by atoms with E-state index >= 15 is 0 Å². The summed E-state index contributed by atoms with van der Waals surface area (Å²) in [4.78, 5) is 30.2. The highest BCUT2D eigenvalue weighted by atomic mass is 16.5. The van der Waals surface area contributed by atoms with E-state index in [0.717, 1.165) is 34.5 Å². The number of aromatic nitrogens is 3. The zero-order valence-electron chi connectivity index (χ0n) is 18.0. The van der Waals surface area contributed by atoms with Crippen molar-refractivity contribution in [2.24, 2.45) is 5.92 Å².